The van der Waals surface area contributed by atoms with Gasteiger partial charge in [0.05, 0.1) is 0 Å². The Labute approximate surface area is 88.2 Å². The number of hydrogen-bond acceptors (Lipinski definition) is 1. The number of allylic oxidation sites excluding steroid dienone is 1. The highest BCUT2D eigenvalue weighted by Gasteiger charge is 2.28. The first kappa shape index (κ1) is 11.2. The Kier molecular flexibility index (Phi) is 3.90. The number of hydrogen-bond donors (Lipinski definition) is 1. The van der Waals surface area contributed by atoms with Crippen LogP contribution in [0.3, 0.4) is 0 Å². The van der Waals surface area contributed by atoms with Crippen LogP contribution in [0.1, 0.15) is 40.5 Å². The molecule has 0 radical (unpaired) electrons. The van der Waals surface area contributed by atoms with Gasteiger partial charge in [-0.1, -0.05) is 39.3 Å². The summed E-state index contributed by atoms with van der Waals surface area (Å²) in [7, 11) is 0. The van der Waals surface area contributed by atoms with E-state index < -0.39 is 0 Å². The fraction of sp³-hybridized carbons (Fsp3) is 0.833. The Bertz CT molecular complexity index is 191. The predicted octanol–water partition coefficient (Wildman–Crippen LogP) is 3.93. The Morgan fingerprint density at radius 1 is 1.31 bits per heavy atom. The molecule has 2 atom stereocenters. The molecule has 0 fully saturated rings. The summed E-state index contributed by atoms with van der Waals surface area (Å²) in [5.41, 5.74) is 1.56. The van der Waals surface area contributed by atoms with Crippen molar-refractivity contribution in [1.29, 1.82) is 0 Å². The van der Waals surface area contributed by atoms with Crippen molar-refractivity contribution in [1.82, 2.24) is 0 Å². The summed E-state index contributed by atoms with van der Waals surface area (Å²) in [6.07, 6.45) is 4.98. The van der Waals surface area contributed by atoms with Crippen molar-refractivity contribution in [2.75, 3.05) is 0 Å². The van der Waals surface area contributed by atoms with Gasteiger partial charge in [0.2, 0.25) is 0 Å². The lowest BCUT2D eigenvalue weighted by molar-refractivity contribution is 0.347. The molecule has 0 aromatic carbocycles. The molecule has 0 saturated heterocycles. The standard InChI is InChI=1S/C12H22S/c1-8(2)10-6-5-7-11(9(3)4)12(10)13/h6,8-9,11-13H,5,7H2,1-4H3. The van der Waals surface area contributed by atoms with E-state index in [1.807, 2.05) is 0 Å². The molecule has 1 rings (SSSR count). The van der Waals surface area contributed by atoms with Crippen molar-refractivity contribution in [3.8, 4) is 0 Å². The fourth-order valence-corrected chi connectivity index (χ4v) is 3.14. The number of thiol groups is 1. The predicted molar refractivity (Wildman–Crippen MR) is 63.3 cm³/mol. The zero-order chi connectivity index (χ0) is 10.0. The van der Waals surface area contributed by atoms with Crippen LogP contribution in [-0.2, 0) is 0 Å². The van der Waals surface area contributed by atoms with Gasteiger partial charge < -0.3 is 0 Å². The fourth-order valence-electron chi connectivity index (χ4n) is 2.24. The average molecular weight is 198 g/mol. The molecule has 0 aliphatic heterocycles. The molecule has 0 aromatic rings. The molecule has 2 unspecified atom stereocenters. The monoisotopic (exact) mass is 198 g/mol. The van der Waals surface area contributed by atoms with Crippen LogP contribution in [0.5, 0.6) is 0 Å². The molecule has 76 valence electrons. The van der Waals surface area contributed by atoms with Crippen molar-refractivity contribution in [2.45, 2.75) is 45.8 Å². The molecule has 0 N–H and O–H groups in total. The second-order valence-corrected chi connectivity index (χ2v) is 5.35. The van der Waals surface area contributed by atoms with E-state index in [4.69, 9.17) is 12.6 Å². The second kappa shape index (κ2) is 4.54. The molecule has 0 saturated carbocycles. The van der Waals surface area contributed by atoms with Crippen molar-refractivity contribution in [2.24, 2.45) is 17.8 Å². The summed E-state index contributed by atoms with van der Waals surface area (Å²) in [5, 5.41) is 0.508. The van der Waals surface area contributed by atoms with Gasteiger partial charge in [-0.25, -0.2) is 0 Å². The van der Waals surface area contributed by atoms with Crippen LogP contribution in [0, 0.1) is 17.8 Å². The lowest BCUT2D eigenvalue weighted by Gasteiger charge is -2.33. The van der Waals surface area contributed by atoms with Gasteiger partial charge in [0.1, 0.15) is 0 Å². The average Bonchev–Trinajstić information content (AvgIpc) is 2.03. The highest BCUT2D eigenvalue weighted by Crippen LogP contribution is 2.36. The Balaban J connectivity index is 2.73. The molecule has 0 heterocycles. The van der Waals surface area contributed by atoms with Gasteiger partial charge in [0.15, 0.2) is 0 Å². The Morgan fingerprint density at radius 3 is 2.38 bits per heavy atom. The molecule has 0 spiro atoms. The maximum atomic E-state index is 4.76. The van der Waals surface area contributed by atoms with E-state index in [1.54, 1.807) is 5.57 Å². The molecule has 0 amide bonds. The van der Waals surface area contributed by atoms with Crippen molar-refractivity contribution in [3.05, 3.63) is 11.6 Å². The van der Waals surface area contributed by atoms with Crippen LogP contribution in [0.4, 0.5) is 0 Å². The molecule has 13 heavy (non-hydrogen) atoms. The van der Waals surface area contributed by atoms with E-state index in [0.29, 0.717) is 11.2 Å². The van der Waals surface area contributed by atoms with E-state index in [2.05, 4.69) is 33.8 Å². The summed E-state index contributed by atoms with van der Waals surface area (Å²) in [4.78, 5) is 0. The minimum absolute atomic E-state index is 0.508. The van der Waals surface area contributed by atoms with Gasteiger partial charge in [-0.05, 0) is 30.6 Å². The van der Waals surface area contributed by atoms with Crippen molar-refractivity contribution in [3.63, 3.8) is 0 Å². The second-order valence-electron chi connectivity index (χ2n) is 4.79. The lowest BCUT2D eigenvalue weighted by atomic mass is 9.78. The van der Waals surface area contributed by atoms with Gasteiger partial charge in [0.25, 0.3) is 0 Å². The van der Waals surface area contributed by atoms with Gasteiger partial charge in [-0.15, -0.1) is 0 Å². The van der Waals surface area contributed by atoms with Crippen LogP contribution in [0.2, 0.25) is 0 Å². The molecular formula is C12H22S. The van der Waals surface area contributed by atoms with Crippen molar-refractivity contribution >= 4 is 12.6 Å². The maximum Gasteiger partial charge on any atom is 0.0259 e. The smallest absolute Gasteiger partial charge is 0.0259 e. The van der Waals surface area contributed by atoms with E-state index in [9.17, 15) is 0 Å². The maximum absolute atomic E-state index is 4.76. The van der Waals surface area contributed by atoms with Crippen LogP contribution < -0.4 is 0 Å². The number of rotatable bonds is 2. The minimum atomic E-state index is 0.508. The third kappa shape index (κ3) is 2.52. The van der Waals surface area contributed by atoms with Crippen LogP contribution in [0.15, 0.2) is 11.6 Å². The van der Waals surface area contributed by atoms with Crippen molar-refractivity contribution < 1.29 is 0 Å². The first-order valence-electron chi connectivity index (χ1n) is 5.42. The SMILES string of the molecule is CC(C)C1=CCCC(C(C)C)C1S. The zero-order valence-electron chi connectivity index (χ0n) is 9.25. The normalized spacial score (nSPS) is 29.6. The Morgan fingerprint density at radius 2 is 1.92 bits per heavy atom. The zero-order valence-corrected chi connectivity index (χ0v) is 10.1. The summed E-state index contributed by atoms with van der Waals surface area (Å²) >= 11 is 4.76. The van der Waals surface area contributed by atoms with Gasteiger partial charge in [0, 0.05) is 5.25 Å². The molecule has 0 bridgehead atoms. The highest BCUT2D eigenvalue weighted by molar-refractivity contribution is 7.81. The molecule has 1 aliphatic rings. The quantitative estimate of drug-likeness (QED) is 0.504. The molecular weight excluding hydrogens is 176 g/mol. The first-order chi connectivity index (χ1) is 6.04. The largest absolute Gasteiger partial charge is 0.171 e. The van der Waals surface area contributed by atoms with Crippen LogP contribution in [0.25, 0.3) is 0 Å². The minimum Gasteiger partial charge on any atom is -0.171 e. The third-order valence-electron chi connectivity index (χ3n) is 3.15. The Hall–Kier alpha value is 0.0900. The topological polar surface area (TPSA) is 0 Å². The molecule has 1 heteroatoms. The summed E-state index contributed by atoms with van der Waals surface area (Å²) in [5.74, 6) is 2.22. The van der Waals surface area contributed by atoms with Gasteiger partial charge >= 0.3 is 0 Å². The third-order valence-corrected chi connectivity index (χ3v) is 3.83. The van der Waals surface area contributed by atoms with E-state index in [1.165, 1.54) is 12.8 Å². The molecule has 1 aliphatic carbocycles. The first-order valence-corrected chi connectivity index (χ1v) is 5.93. The van der Waals surface area contributed by atoms with E-state index in [0.717, 1.165) is 11.8 Å². The van der Waals surface area contributed by atoms with E-state index >= 15 is 0 Å². The van der Waals surface area contributed by atoms with Crippen LogP contribution in [-0.4, -0.2) is 5.25 Å². The summed E-state index contributed by atoms with van der Waals surface area (Å²) in [6.45, 7) is 9.18. The van der Waals surface area contributed by atoms with Gasteiger partial charge in [-0.2, -0.15) is 12.6 Å². The lowest BCUT2D eigenvalue weighted by Crippen LogP contribution is -2.27. The van der Waals surface area contributed by atoms with Gasteiger partial charge in [-0.3, -0.25) is 0 Å². The summed E-state index contributed by atoms with van der Waals surface area (Å²) in [6, 6.07) is 0. The molecule has 0 aromatic heterocycles. The van der Waals surface area contributed by atoms with Crippen LogP contribution >= 0.6 is 12.6 Å². The summed E-state index contributed by atoms with van der Waals surface area (Å²) < 4.78 is 0. The molecule has 0 nitrogen and oxygen atoms in total. The van der Waals surface area contributed by atoms with E-state index in [-0.39, 0.29) is 0 Å². The highest BCUT2D eigenvalue weighted by atomic mass is 32.1.